The second-order valence-electron chi connectivity index (χ2n) is 6.83. The molecule has 1 amide bonds. The molecule has 3 aromatic rings. The minimum absolute atomic E-state index is 0.158. The highest BCUT2D eigenvalue weighted by Crippen LogP contribution is 2.34. The molecule has 6 heteroatoms. The third-order valence-corrected chi connectivity index (χ3v) is 4.88. The Morgan fingerprint density at radius 1 is 1.15 bits per heavy atom. The van der Waals surface area contributed by atoms with Crippen molar-refractivity contribution in [2.45, 2.75) is 12.5 Å². The predicted octanol–water partition coefficient (Wildman–Crippen LogP) is 2.70. The summed E-state index contributed by atoms with van der Waals surface area (Å²) >= 11 is 0. The van der Waals surface area contributed by atoms with Crippen molar-refractivity contribution in [3.8, 4) is 11.5 Å². The maximum Gasteiger partial charge on any atom is 0.217 e. The van der Waals surface area contributed by atoms with Crippen LogP contribution in [0.1, 0.15) is 6.42 Å². The van der Waals surface area contributed by atoms with E-state index in [4.69, 9.17) is 10.5 Å². The molecular weight excluding hydrogens is 342 g/mol. The average Bonchev–Trinajstić information content (AvgIpc) is 3.01. The SMILES string of the molecule is NC(=O)C[C@@H]1CN(c2ccnc3ccc(Oc4ccccc4)cc23)C[C@H]1O. The molecule has 1 aliphatic heterocycles. The number of primary amides is 1. The Labute approximate surface area is 157 Å². The number of anilines is 1. The number of carbonyl (C=O) groups is 1. The van der Waals surface area contributed by atoms with Gasteiger partial charge in [0.05, 0.1) is 11.6 Å². The number of ether oxygens (including phenoxy) is 1. The summed E-state index contributed by atoms with van der Waals surface area (Å²) in [6, 6.07) is 17.3. The Morgan fingerprint density at radius 2 is 1.96 bits per heavy atom. The van der Waals surface area contributed by atoms with E-state index < -0.39 is 6.10 Å². The van der Waals surface area contributed by atoms with Gasteiger partial charge < -0.3 is 20.5 Å². The number of fused-ring (bicyclic) bond motifs is 1. The fourth-order valence-electron chi connectivity index (χ4n) is 3.58. The van der Waals surface area contributed by atoms with Gasteiger partial charge in [0.2, 0.25) is 5.91 Å². The van der Waals surface area contributed by atoms with Gasteiger partial charge in [-0.2, -0.15) is 0 Å². The molecule has 0 unspecified atom stereocenters. The minimum Gasteiger partial charge on any atom is -0.457 e. The topological polar surface area (TPSA) is 88.7 Å². The lowest BCUT2D eigenvalue weighted by Crippen LogP contribution is -2.24. The molecule has 0 spiro atoms. The fraction of sp³-hybridized carbons (Fsp3) is 0.238. The van der Waals surface area contributed by atoms with Crippen molar-refractivity contribution in [2.24, 2.45) is 11.7 Å². The van der Waals surface area contributed by atoms with Crippen LogP contribution in [-0.4, -0.2) is 35.2 Å². The number of para-hydroxylation sites is 1. The van der Waals surface area contributed by atoms with Gasteiger partial charge in [-0.15, -0.1) is 0 Å². The highest BCUT2D eigenvalue weighted by molar-refractivity contribution is 5.92. The summed E-state index contributed by atoms with van der Waals surface area (Å²) in [4.78, 5) is 17.7. The number of hydrogen-bond acceptors (Lipinski definition) is 5. The first kappa shape index (κ1) is 17.3. The Balaban J connectivity index is 1.65. The number of aliphatic hydroxyl groups excluding tert-OH is 1. The Kier molecular flexibility index (Phi) is 4.64. The second-order valence-corrected chi connectivity index (χ2v) is 6.83. The summed E-state index contributed by atoms with van der Waals surface area (Å²) in [7, 11) is 0. The Bertz CT molecular complexity index is 961. The van der Waals surface area contributed by atoms with E-state index in [-0.39, 0.29) is 18.2 Å². The van der Waals surface area contributed by atoms with E-state index in [2.05, 4.69) is 9.88 Å². The molecular formula is C21H21N3O3. The molecule has 2 atom stereocenters. The first-order valence-electron chi connectivity index (χ1n) is 8.93. The van der Waals surface area contributed by atoms with Crippen LogP contribution in [0.15, 0.2) is 60.8 Å². The van der Waals surface area contributed by atoms with Gasteiger partial charge in [0.15, 0.2) is 0 Å². The number of β-amino-alcohol motifs (C(OH)–C–C–N with tert-alkyl or cyclic N) is 1. The first-order chi connectivity index (χ1) is 13.1. The highest BCUT2D eigenvalue weighted by Gasteiger charge is 2.33. The van der Waals surface area contributed by atoms with E-state index in [0.717, 1.165) is 28.1 Å². The van der Waals surface area contributed by atoms with Crippen molar-refractivity contribution in [3.63, 3.8) is 0 Å². The third-order valence-electron chi connectivity index (χ3n) is 4.88. The van der Waals surface area contributed by atoms with Crippen molar-refractivity contribution in [1.29, 1.82) is 0 Å². The van der Waals surface area contributed by atoms with Gasteiger partial charge in [-0.1, -0.05) is 18.2 Å². The predicted molar refractivity (Wildman–Crippen MR) is 104 cm³/mol. The molecule has 2 aromatic carbocycles. The second kappa shape index (κ2) is 7.25. The zero-order valence-electron chi connectivity index (χ0n) is 14.8. The van der Waals surface area contributed by atoms with Crippen LogP contribution in [0.4, 0.5) is 5.69 Å². The summed E-state index contributed by atoms with van der Waals surface area (Å²) in [5.74, 6) is 0.935. The normalized spacial score (nSPS) is 19.4. The summed E-state index contributed by atoms with van der Waals surface area (Å²) < 4.78 is 5.94. The number of nitrogens with two attached hydrogens (primary N) is 1. The van der Waals surface area contributed by atoms with Gasteiger partial charge in [0, 0.05) is 42.7 Å². The van der Waals surface area contributed by atoms with Gasteiger partial charge in [-0.05, 0) is 36.4 Å². The molecule has 1 aromatic heterocycles. The van der Waals surface area contributed by atoms with E-state index in [9.17, 15) is 9.90 Å². The molecule has 0 saturated carbocycles. The monoisotopic (exact) mass is 363 g/mol. The number of carbonyl (C=O) groups excluding carboxylic acids is 1. The molecule has 1 fully saturated rings. The maximum absolute atomic E-state index is 11.2. The summed E-state index contributed by atoms with van der Waals surface area (Å²) in [5.41, 5.74) is 7.12. The average molecular weight is 363 g/mol. The van der Waals surface area contributed by atoms with Gasteiger partial charge in [0.1, 0.15) is 11.5 Å². The third kappa shape index (κ3) is 3.71. The van der Waals surface area contributed by atoms with E-state index in [0.29, 0.717) is 13.1 Å². The van der Waals surface area contributed by atoms with Crippen molar-refractivity contribution in [1.82, 2.24) is 4.98 Å². The number of benzene rings is 2. The van der Waals surface area contributed by atoms with Crippen LogP contribution in [0.2, 0.25) is 0 Å². The molecule has 0 aliphatic carbocycles. The molecule has 27 heavy (non-hydrogen) atoms. The molecule has 3 N–H and O–H groups in total. The number of aromatic nitrogens is 1. The van der Waals surface area contributed by atoms with Crippen molar-refractivity contribution in [3.05, 3.63) is 60.8 Å². The van der Waals surface area contributed by atoms with Crippen LogP contribution < -0.4 is 15.4 Å². The quantitative estimate of drug-likeness (QED) is 0.728. The first-order valence-corrected chi connectivity index (χ1v) is 8.93. The number of nitrogens with zero attached hydrogens (tertiary/aromatic N) is 2. The number of rotatable bonds is 5. The molecule has 4 rings (SSSR count). The largest absolute Gasteiger partial charge is 0.457 e. The van der Waals surface area contributed by atoms with E-state index in [1.54, 1.807) is 6.20 Å². The number of hydrogen-bond donors (Lipinski definition) is 2. The molecule has 0 radical (unpaired) electrons. The van der Waals surface area contributed by atoms with E-state index in [1.165, 1.54) is 0 Å². The van der Waals surface area contributed by atoms with Crippen molar-refractivity contribution < 1.29 is 14.6 Å². The Hall–Kier alpha value is -3.12. The van der Waals surface area contributed by atoms with Crippen LogP contribution in [-0.2, 0) is 4.79 Å². The van der Waals surface area contributed by atoms with Crippen LogP contribution in [0.25, 0.3) is 10.9 Å². The molecule has 138 valence electrons. The smallest absolute Gasteiger partial charge is 0.217 e. The van der Waals surface area contributed by atoms with Gasteiger partial charge in [-0.25, -0.2) is 0 Å². The number of aliphatic hydroxyl groups is 1. The molecule has 1 saturated heterocycles. The highest BCUT2D eigenvalue weighted by atomic mass is 16.5. The lowest BCUT2D eigenvalue weighted by molar-refractivity contribution is -0.119. The van der Waals surface area contributed by atoms with Crippen molar-refractivity contribution in [2.75, 3.05) is 18.0 Å². The fourth-order valence-corrected chi connectivity index (χ4v) is 3.58. The summed E-state index contributed by atoms with van der Waals surface area (Å²) in [6.45, 7) is 1.04. The molecule has 6 nitrogen and oxygen atoms in total. The zero-order chi connectivity index (χ0) is 18.8. The van der Waals surface area contributed by atoms with E-state index >= 15 is 0 Å². The zero-order valence-corrected chi connectivity index (χ0v) is 14.8. The van der Waals surface area contributed by atoms with Gasteiger partial charge >= 0.3 is 0 Å². The lowest BCUT2D eigenvalue weighted by atomic mass is 10.0. The van der Waals surface area contributed by atoms with E-state index in [1.807, 2.05) is 54.6 Å². The lowest BCUT2D eigenvalue weighted by Gasteiger charge is -2.20. The number of pyridine rings is 1. The van der Waals surface area contributed by atoms with Crippen LogP contribution in [0, 0.1) is 5.92 Å². The minimum atomic E-state index is -0.579. The molecule has 2 heterocycles. The molecule has 1 aliphatic rings. The molecule has 0 bridgehead atoms. The van der Waals surface area contributed by atoms with Gasteiger partial charge in [0.25, 0.3) is 0 Å². The number of amides is 1. The van der Waals surface area contributed by atoms with Crippen molar-refractivity contribution >= 4 is 22.5 Å². The van der Waals surface area contributed by atoms with Gasteiger partial charge in [-0.3, -0.25) is 9.78 Å². The Morgan fingerprint density at radius 3 is 2.74 bits per heavy atom. The summed E-state index contributed by atoms with van der Waals surface area (Å²) in [6.07, 6.45) is 1.36. The standard InChI is InChI=1S/C21H21N3O3/c22-21(26)10-14-12-24(13-20(14)25)19-8-9-23-18-7-6-16(11-17(18)19)27-15-4-2-1-3-5-15/h1-9,11,14,20,25H,10,12-13H2,(H2,22,26)/t14-,20-/m1/s1. The van der Waals surface area contributed by atoms with Crippen LogP contribution in [0.3, 0.4) is 0 Å². The van der Waals surface area contributed by atoms with Crippen LogP contribution >= 0.6 is 0 Å². The van der Waals surface area contributed by atoms with Crippen LogP contribution in [0.5, 0.6) is 11.5 Å². The maximum atomic E-state index is 11.2. The summed E-state index contributed by atoms with van der Waals surface area (Å²) in [5, 5.41) is 11.2.